The van der Waals surface area contributed by atoms with Crippen LogP contribution in [0.5, 0.6) is 0 Å². The Balaban J connectivity index is 1.76. The van der Waals surface area contributed by atoms with Crippen molar-refractivity contribution in [1.29, 1.82) is 0 Å². The molecular weight excluding hydrogens is 292 g/mol. The van der Waals surface area contributed by atoms with Crippen molar-refractivity contribution in [1.82, 2.24) is 10.6 Å². The molecule has 1 aliphatic carbocycles. The van der Waals surface area contributed by atoms with Gasteiger partial charge in [-0.1, -0.05) is 12.1 Å². The first-order valence-electron chi connectivity index (χ1n) is 6.60. The second kappa shape index (κ2) is 6.26. The van der Waals surface area contributed by atoms with Crippen molar-refractivity contribution in [2.45, 2.75) is 24.1 Å². The number of hydrogen-bond acceptors (Lipinski definition) is 3. The van der Waals surface area contributed by atoms with Crippen LogP contribution in [0, 0.1) is 0 Å². The summed E-state index contributed by atoms with van der Waals surface area (Å²) in [5.74, 6) is -0.977. The number of carbonyl (C=O) groups is 2. The average Bonchev–Trinajstić information content (AvgIpc) is 3.24. The molecule has 0 heterocycles. The number of nitrogens with one attached hydrogen (secondary N) is 2. The Kier molecular flexibility index (Phi) is 4.62. The van der Waals surface area contributed by atoms with Gasteiger partial charge in [0.25, 0.3) is 0 Å². The van der Waals surface area contributed by atoms with Gasteiger partial charge in [-0.2, -0.15) is 0 Å². The van der Waals surface area contributed by atoms with Crippen molar-refractivity contribution < 1.29 is 18.9 Å². The van der Waals surface area contributed by atoms with Crippen molar-refractivity contribution >= 4 is 22.8 Å². The molecule has 0 aromatic heterocycles. The van der Waals surface area contributed by atoms with E-state index in [9.17, 15) is 13.8 Å². The number of carbonyl (C=O) groups excluding carboxylic acids is 1. The summed E-state index contributed by atoms with van der Waals surface area (Å²) in [6, 6.07) is 6.00. The molecule has 0 aliphatic heterocycles. The maximum atomic E-state index is 11.7. The fraction of sp³-hybridized carbons (Fsp3) is 0.429. The van der Waals surface area contributed by atoms with E-state index in [4.69, 9.17) is 5.11 Å². The Morgan fingerprint density at radius 1 is 1.24 bits per heavy atom. The van der Waals surface area contributed by atoms with Crippen LogP contribution >= 0.6 is 0 Å². The zero-order valence-corrected chi connectivity index (χ0v) is 12.5. The largest absolute Gasteiger partial charge is 0.478 e. The quantitative estimate of drug-likeness (QED) is 0.733. The molecule has 1 aromatic rings. The fourth-order valence-electron chi connectivity index (χ4n) is 1.96. The minimum Gasteiger partial charge on any atom is -0.478 e. The van der Waals surface area contributed by atoms with Crippen LogP contribution in [0.3, 0.4) is 0 Å². The van der Waals surface area contributed by atoms with E-state index < -0.39 is 16.8 Å². The number of rotatable bonds is 6. The molecule has 1 saturated carbocycles. The molecule has 0 saturated heterocycles. The van der Waals surface area contributed by atoms with Gasteiger partial charge in [0.15, 0.2) is 0 Å². The zero-order valence-electron chi connectivity index (χ0n) is 11.7. The van der Waals surface area contributed by atoms with Gasteiger partial charge >= 0.3 is 12.0 Å². The maximum absolute atomic E-state index is 11.7. The molecule has 2 amide bonds. The third kappa shape index (κ3) is 4.04. The molecule has 1 aromatic carbocycles. The lowest BCUT2D eigenvalue weighted by molar-refractivity contribution is 0.0697. The first kappa shape index (κ1) is 15.5. The number of amides is 2. The molecule has 3 N–H and O–H groups in total. The third-order valence-corrected chi connectivity index (χ3v) is 5.41. The lowest BCUT2D eigenvalue weighted by Crippen LogP contribution is -2.41. The van der Waals surface area contributed by atoms with E-state index in [0.29, 0.717) is 13.1 Å². The molecule has 114 valence electrons. The number of benzene rings is 1. The molecule has 21 heavy (non-hydrogen) atoms. The van der Waals surface area contributed by atoms with E-state index >= 15 is 0 Å². The minimum atomic E-state index is -0.977. The van der Waals surface area contributed by atoms with Crippen LogP contribution in [-0.2, 0) is 17.3 Å². The van der Waals surface area contributed by atoms with Crippen molar-refractivity contribution in [2.24, 2.45) is 0 Å². The average molecular weight is 310 g/mol. The highest BCUT2D eigenvalue weighted by atomic mass is 32.2. The highest BCUT2D eigenvalue weighted by Gasteiger charge is 2.46. The second-order valence-corrected chi connectivity index (χ2v) is 6.95. The molecule has 0 spiro atoms. The van der Waals surface area contributed by atoms with Crippen LogP contribution in [0.2, 0.25) is 0 Å². The van der Waals surface area contributed by atoms with Crippen molar-refractivity contribution in [3.05, 3.63) is 35.4 Å². The Hall–Kier alpha value is -1.89. The molecule has 0 bridgehead atoms. The molecule has 0 radical (unpaired) electrons. The first-order valence-corrected chi connectivity index (χ1v) is 8.16. The van der Waals surface area contributed by atoms with E-state index in [2.05, 4.69) is 10.6 Å². The van der Waals surface area contributed by atoms with Gasteiger partial charge < -0.3 is 15.7 Å². The van der Waals surface area contributed by atoms with E-state index in [0.717, 1.165) is 18.4 Å². The Morgan fingerprint density at radius 3 is 2.33 bits per heavy atom. The van der Waals surface area contributed by atoms with Crippen LogP contribution in [0.4, 0.5) is 4.79 Å². The fourth-order valence-corrected chi connectivity index (χ4v) is 2.91. The highest BCUT2D eigenvalue weighted by molar-refractivity contribution is 7.86. The smallest absolute Gasteiger partial charge is 0.335 e. The van der Waals surface area contributed by atoms with Crippen LogP contribution in [0.1, 0.15) is 28.8 Å². The number of carboxylic acids is 1. The third-order valence-electron chi connectivity index (χ3n) is 3.64. The molecule has 1 fully saturated rings. The second-order valence-electron chi connectivity index (χ2n) is 5.18. The van der Waals surface area contributed by atoms with E-state index in [1.54, 1.807) is 18.4 Å². The molecule has 1 unspecified atom stereocenters. The predicted octanol–water partition coefficient (Wildman–Crippen LogP) is 1.10. The SMILES string of the molecule is CS(=O)C1(CNC(=O)NCc2ccc(C(=O)O)cc2)CC1. The topological polar surface area (TPSA) is 95.5 Å². The summed E-state index contributed by atoms with van der Waals surface area (Å²) < 4.78 is 11.3. The van der Waals surface area contributed by atoms with Crippen molar-refractivity contribution in [3.8, 4) is 0 Å². The van der Waals surface area contributed by atoms with Gasteiger partial charge in [-0.15, -0.1) is 0 Å². The van der Waals surface area contributed by atoms with Gasteiger partial charge in [0.05, 0.1) is 10.3 Å². The minimum absolute atomic E-state index is 0.212. The summed E-state index contributed by atoms with van der Waals surface area (Å²) >= 11 is 0. The Morgan fingerprint density at radius 2 is 1.86 bits per heavy atom. The van der Waals surface area contributed by atoms with E-state index in [1.165, 1.54) is 12.1 Å². The van der Waals surface area contributed by atoms with E-state index in [1.807, 2.05) is 0 Å². The first-order chi connectivity index (χ1) is 9.93. The maximum Gasteiger partial charge on any atom is 0.335 e. The van der Waals surface area contributed by atoms with E-state index in [-0.39, 0.29) is 16.3 Å². The highest BCUT2D eigenvalue weighted by Crippen LogP contribution is 2.40. The van der Waals surface area contributed by atoms with Crippen LogP contribution in [0.25, 0.3) is 0 Å². The predicted molar refractivity (Wildman–Crippen MR) is 79.7 cm³/mol. The lowest BCUT2D eigenvalue weighted by atomic mass is 10.1. The number of carboxylic acid groups (broad SMARTS) is 1. The van der Waals surface area contributed by atoms with Crippen molar-refractivity contribution in [2.75, 3.05) is 12.8 Å². The summed E-state index contributed by atoms with van der Waals surface area (Å²) in [6.07, 6.45) is 3.43. The summed E-state index contributed by atoms with van der Waals surface area (Å²) in [5, 5.41) is 14.2. The van der Waals surface area contributed by atoms with Gasteiger partial charge in [-0.25, -0.2) is 9.59 Å². The number of aromatic carboxylic acids is 1. The zero-order chi connectivity index (χ0) is 15.5. The van der Waals surface area contributed by atoms with Crippen LogP contribution in [0.15, 0.2) is 24.3 Å². The van der Waals surface area contributed by atoms with Gasteiger partial charge in [0, 0.05) is 30.1 Å². The van der Waals surface area contributed by atoms with Gasteiger partial charge in [0.1, 0.15) is 0 Å². The van der Waals surface area contributed by atoms with Gasteiger partial charge in [-0.05, 0) is 30.5 Å². The molecule has 6 nitrogen and oxygen atoms in total. The molecular formula is C14H18N2O4S. The number of urea groups is 1. The lowest BCUT2D eigenvalue weighted by Gasteiger charge is -2.13. The van der Waals surface area contributed by atoms with Gasteiger partial charge in [0.2, 0.25) is 0 Å². The molecule has 1 atom stereocenters. The Bertz CT molecular complexity index is 567. The van der Waals surface area contributed by atoms with Crippen molar-refractivity contribution in [3.63, 3.8) is 0 Å². The monoisotopic (exact) mass is 310 g/mol. The molecule has 2 rings (SSSR count). The van der Waals surface area contributed by atoms with Crippen LogP contribution in [-0.4, -0.2) is 38.9 Å². The molecule has 1 aliphatic rings. The summed E-state index contributed by atoms with van der Waals surface area (Å²) in [7, 11) is -0.926. The summed E-state index contributed by atoms with van der Waals surface area (Å²) in [5.41, 5.74) is 1.03. The standard InChI is InChI=1S/C14H18N2O4S/c1-21(20)14(6-7-14)9-16-13(19)15-8-10-2-4-11(5-3-10)12(17)18/h2-5H,6-9H2,1H3,(H,17,18)(H2,15,16,19). The summed E-state index contributed by atoms with van der Waals surface area (Å²) in [4.78, 5) is 22.4. The molecule has 7 heteroatoms. The van der Waals surface area contributed by atoms with Gasteiger partial charge in [-0.3, -0.25) is 4.21 Å². The normalized spacial score (nSPS) is 16.8. The summed E-state index contributed by atoms with van der Waals surface area (Å²) in [6.45, 7) is 0.730. The Labute approximate surface area is 125 Å². The number of hydrogen-bond donors (Lipinski definition) is 3. The van der Waals surface area contributed by atoms with Crippen LogP contribution < -0.4 is 10.6 Å².